The van der Waals surface area contributed by atoms with Crippen LogP contribution >= 0.6 is 0 Å². The first-order valence-corrected chi connectivity index (χ1v) is 6.32. The number of nitrogens with two attached hydrogens (primary N) is 1. The maximum Gasteiger partial charge on any atom is 0.257 e. The number of amides is 1. The summed E-state index contributed by atoms with van der Waals surface area (Å²) in [5.74, 6) is -0.158. The third-order valence-electron chi connectivity index (χ3n) is 3.31. The van der Waals surface area contributed by atoms with E-state index in [1.807, 2.05) is 19.0 Å². The van der Waals surface area contributed by atoms with Crippen molar-refractivity contribution < 1.29 is 9.90 Å². The second kappa shape index (κ2) is 5.54. The lowest BCUT2D eigenvalue weighted by molar-refractivity contribution is 0.0700. The highest BCUT2D eigenvalue weighted by atomic mass is 16.3. The zero-order valence-corrected chi connectivity index (χ0v) is 11.3. The lowest BCUT2D eigenvalue weighted by atomic mass is 10.1. The van der Waals surface area contributed by atoms with Crippen LogP contribution in [-0.2, 0) is 0 Å². The average Bonchev–Trinajstić information content (AvgIpc) is 2.69. The molecular weight excluding hydrogens is 244 g/mol. The first-order chi connectivity index (χ1) is 8.99. The number of anilines is 1. The number of pyridine rings is 1. The number of hydrogen-bond donors (Lipinski definition) is 2. The van der Waals surface area contributed by atoms with Gasteiger partial charge in [0.15, 0.2) is 0 Å². The van der Waals surface area contributed by atoms with Gasteiger partial charge in [0.05, 0.1) is 11.7 Å². The van der Waals surface area contributed by atoms with Gasteiger partial charge in [0.2, 0.25) is 0 Å². The highest BCUT2D eigenvalue weighted by molar-refractivity contribution is 5.99. The quantitative estimate of drug-likeness (QED) is 0.790. The van der Waals surface area contributed by atoms with Gasteiger partial charge in [0.25, 0.3) is 5.91 Å². The zero-order valence-electron chi connectivity index (χ0n) is 11.3. The van der Waals surface area contributed by atoms with Crippen molar-refractivity contribution in [3.8, 4) is 0 Å². The number of carbonyl (C=O) groups is 1. The van der Waals surface area contributed by atoms with Gasteiger partial charge in [-0.05, 0) is 26.6 Å². The summed E-state index contributed by atoms with van der Waals surface area (Å²) < 4.78 is 0. The molecule has 3 N–H and O–H groups in total. The molecule has 0 aliphatic carbocycles. The van der Waals surface area contributed by atoms with Crippen LogP contribution in [0.3, 0.4) is 0 Å². The highest BCUT2D eigenvalue weighted by Crippen LogP contribution is 2.22. The normalized spacial score (nSPS) is 23.1. The van der Waals surface area contributed by atoms with E-state index < -0.39 is 6.10 Å². The van der Waals surface area contributed by atoms with E-state index in [0.717, 1.165) is 6.54 Å². The number of rotatable bonds is 3. The number of aliphatic hydroxyl groups is 1. The fourth-order valence-corrected chi connectivity index (χ4v) is 2.47. The first kappa shape index (κ1) is 13.8. The van der Waals surface area contributed by atoms with Crippen molar-refractivity contribution in [1.82, 2.24) is 14.8 Å². The van der Waals surface area contributed by atoms with E-state index in [0.29, 0.717) is 24.2 Å². The molecule has 1 amide bonds. The molecule has 6 nitrogen and oxygen atoms in total. The largest absolute Gasteiger partial charge is 0.398 e. The van der Waals surface area contributed by atoms with Gasteiger partial charge in [0, 0.05) is 37.2 Å². The number of β-amino-alcohol motifs (C(OH)–C–C–N with tert-alkyl or cyclic N) is 1. The second-order valence-corrected chi connectivity index (χ2v) is 5.23. The molecule has 104 valence electrons. The lowest BCUT2D eigenvalue weighted by Crippen LogP contribution is -2.41. The Bertz CT molecular complexity index is 464. The van der Waals surface area contributed by atoms with E-state index >= 15 is 0 Å². The van der Waals surface area contributed by atoms with Gasteiger partial charge in [-0.3, -0.25) is 9.78 Å². The van der Waals surface area contributed by atoms with Crippen LogP contribution in [0.5, 0.6) is 0 Å². The predicted molar refractivity (Wildman–Crippen MR) is 72.7 cm³/mol. The number of nitrogen functional groups attached to an aromatic ring is 1. The summed E-state index contributed by atoms with van der Waals surface area (Å²) in [4.78, 5) is 20.1. The van der Waals surface area contributed by atoms with Gasteiger partial charge in [-0.1, -0.05) is 0 Å². The molecule has 6 heteroatoms. The predicted octanol–water partition coefficient (Wildman–Crippen LogP) is -0.199. The van der Waals surface area contributed by atoms with Gasteiger partial charge in [-0.2, -0.15) is 0 Å². The number of carbonyl (C=O) groups excluding carboxylic acids is 1. The summed E-state index contributed by atoms with van der Waals surface area (Å²) in [5.41, 5.74) is 6.63. The molecule has 0 aromatic carbocycles. The van der Waals surface area contributed by atoms with E-state index in [1.165, 1.54) is 6.20 Å². The molecule has 2 atom stereocenters. The van der Waals surface area contributed by atoms with Crippen molar-refractivity contribution in [1.29, 1.82) is 0 Å². The van der Waals surface area contributed by atoms with E-state index in [2.05, 4.69) is 4.98 Å². The molecule has 2 rings (SSSR count). The van der Waals surface area contributed by atoms with E-state index in [-0.39, 0.29) is 11.9 Å². The lowest BCUT2D eigenvalue weighted by Gasteiger charge is -2.27. The van der Waals surface area contributed by atoms with Crippen LogP contribution in [0, 0.1) is 0 Å². The van der Waals surface area contributed by atoms with Gasteiger partial charge in [-0.15, -0.1) is 0 Å². The smallest absolute Gasteiger partial charge is 0.257 e. The van der Waals surface area contributed by atoms with Crippen molar-refractivity contribution >= 4 is 11.6 Å². The van der Waals surface area contributed by atoms with Crippen LogP contribution in [0.2, 0.25) is 0 Å². The Balaban J connectivity index is 2.19. The molecule has 1 aromatic rings. The SMILES string of the molecule is CN(C)CC1CC(O)CN1C(=O)c1cnccc1N. The molecule has 1 aromatic heterocycles. The Morgan fingerprint density at radius 3 is 3.00 bits per heavy atom. The van der Waals surface area contributed by atoms with Crippen molar-refractivity contribution in [2.75, 3.05) is 32.9 Å². The van der Waals surface area contributed by atoms with Crippen LogP contribution in [0.15, 0.2) is 18.5 Å². The molecular formula is C13H20N4O2. The first-order valence-electron chi connectivity index (χ1n) is 6.32. The average molecular weight is 264 g/mol. The topological polar surface area (TPSA) is 82.7 Å². The molecule has 0 saturated carbocycles. The molecule has 1 saturated heterocycles. The minimum Gasteiger partial charge on any atom is -0.398 e. The summed E-state index contributed by atoms with van der Waals surface area (Å²) >= 11 is 0. The number of likely N-dealkylation sites (N-methyl/N-ethyl adjacent to an activating group) is 1. The minimum atomic E-state index is -0.466. The standard InChI is InChI=1S/C13H20N4O2/c1-16(2)7-9-5-10(18)8-17(9)13(19)11-6-15-4-3-12(11)14/h3-4,6,9-10,18H,5,7-8H2,1-2H3,(H2,14,15). The van der Waals surface area contributed by atoms with Gasteiger partial charge in [0.1, 0.15) is 0 Å². The Labute approximate surface area is 112 Å². The van der Waals surface area contributed by atoms with Crippen LogP contribution in [0.4, 0.5) is 5.69 Å². The Morgan fingerprint density at radius 1 is 1.63 bits per heavy atom. The molecule has 2 unspecified atom stereocenters. The number of nitrogens with zero attached hydrogens (tertiary/aromatic N) is 3. The third-order valence-corrected chi connectivity index (χ3v) is 3.31. The maximum atomic E-state index is 12.5. The number of aromatic nitrogens is 1. The summed E-state index contributed by atoms with van der Waals surface area (Å²) in [6, 6.07) is 1.62. The van der Waals surface area contributed by atoms with Crippen molar-refractivity contribution in [2.24, 2.45) is 0 Å². The minimum absolute atomic E-state index is 0.0112. The molecule has 0 radical (unpaired) electrons. The van der Waals surface area contributed by atoms with Crippen molar-refractivity contribution in [2.45, 2.75) is 18.6 Å². The van der Waals surface area contributed by atoms with Crippen LogP contribution in [-0.4, -0.2) is 65.1 Å². The molecule has 1 fully saturated rings. The molecule has 1 aliphatic heterocycles. The fourth-order valence-electron chi connectivity index (χ4n) is 2.47. The van der Waals surface area contributed by atoms with Gasteiger partial charge < -0.3 is 20.6 Å². The highest BCUT2D eigenvalue weighted by Gasteiger charge is 2.35. The molecule has 0 bridgehead atoms. The summed E-state index contributed by atoms with van der Waals surface area (Å²) in [6.07, 6.45) is 3.17. The summed E-state index contributed by atoms with van der Waals surface area (Å²) in [5, 5.41) is 9.79. The fraction of sp³-hybridized carbons (Fsp3) is 0.538. The van der Waals surface area contributed by atoms with Gasteiger partial charge >= 0.3 is 0 Å². The van der Waals surface area contributed by atoms with Crippen molar-refractivity contribution in [3.63, 3.8) is 0 Å². The van der Waals surface area contributed by atoms with Crippen LogP contribution < -0.4 is 5.73 Å². The van der Waals surface area contributed by atoms with E-state index in [9.17, 15) is 9.90 Å². The summed E-state index contributed by atoms with van der Waals surface area (Å²) in [7, 11) is 3.90. The maximum absolute atomic E-state index is 12.5. The Hall–Kier alpha value is -1.66. The van der Waals surface area contributed by atoms with E-state index in [4.69, 9.17) is 5.73 Å². The Kier molecular flexibility index (Phi) is 4.01. The molecule has 19 heavy (non-hydrogen) atoms. The second-order valence-electron chi connectivity index (χ2n) is 5.23. The third kappa shape index (κ3) is 3.02. The molecule has 1 aliphatic rings. The van der Waals surface area contributed by atoms with Gasteiger partial charge in [-0.25, -0.2) is 0 Å². The monoisotopic (exact) mass is 264 g/mol. The number of hydrogen-bond acceptors (Lipinski definition) is 5. The Morgan fingerprint density at radius 2 is 2.37 bits per heavy atom. The van der Waals surface area contributed by atoms with E-state index in [1.54, 1.807) is 17.2 Å². The zero-order chi connectivity index (χ0) is 14.0. The number of likely N-dealkylation sites (tertiary alicyclic amines) is 1. The van der Waals surface area contributed by atoms with Crippen LogP contribution in [0.1, 0.15) is 16.8 Å². The molecule has 2 heterocycles. The molecule has 0 spiro atoms. The van der Waals surface area contributed by atoms with Crippen molar-refractivity contribution in [3.05, 3.63) is 24.0 Å². The number of aliphatic hydroxyl groups excluding tert-OH is 1. The summed E-state index contributed by atoms with van der Waals surface area (Å²) in [6.45, 7) is 1.08. The van der Waals surface area contributed by atoms with Crippen LogP contribution in [0.25, 0.3) is 0 Å².